The van der Waals surface area contributed by atoms with E-state index in [9.17, 15) is 8.42 Å². The number of rotatable bonds is 9. The molecule has 0 saturated heterocycles. The Balaban J connectivity index is 2.35. The van der Waals surface area contributed by atoms with Gasteiger partial charge >= 0.3 is 0 Å². The summed E-state index contributed by atoms with van der Waals surface area (Å²) in [5, 5.41) is 7.44. The molecule has 1 aromatic rings. The first-order valence-corrected chi connectivity index (χ1v) is 9.84. The number of guanidine groups is 1. The number of sulfonamides is 1. The molecule has 0 aliphatic heterocycles. The van der Waals surface area contributed by atoms with Gasteiger partial charge in [-0.05, 0) is 20.8 Å². The molecular formula is C13H25N5O2S2. The molecule has 0 fully saturated rings. The first-order valence-electron chi connectivity index (χ1n) is 7.37. The Labute approximate surface area is 136 Å². The van der Waals surface area contributed by atoms with Gasteiger partial charge in [-0.25, -0.2) is 18.1 Å². The second-order valence-electron chi connectivity index (χ2n) is 4.60. The van der Waals surface area contributed by atoms with E-state index in [1.165, 1.54) is 4.88 Å². The zero-order valence-corrected chi connectivity index (χ0v) is 15.0. The maximum Gasteiger partial charge on any atom is 0.211 e. The highest BCUT2D eigenvalue weighted by atomic mass is 32.2. The monoisotopic (exact) mass is 347 g/mol. The van der Waals surface area contributed by atoms with Crippen LogP contribution < -0.4 is 15.4 Å². The first-order chi connectivity index (χ1) is 10.5. The van der Waals surface area contributed by atoms with Gasteiger partial charge < -0.3 is 10.6 Å². The summed E-state index contributed by atoms with van der Waals surface area (Å²) in [4.78, 5) is 9.86. The number of aromatic nitrogens is 1. The van der Waals surface area contributed by atoms with Gasteiger partial charge in [-0.3, -0.25) is 4.99 Å². The third-order valence-electron chi connectivity index (χ3n) is 2.73. The van der Waals surface area contributed by atoms with E-state index in [2.05, 4.69) is 25.3 Å². The van der Waals surface area contributed by atoms with Crippen molar-refractivity contribution in [3.63, 3.8) is 0 Å². The van der Waals surface area contributed by atoms with Gasteiger partial charge in [-0.1, -0.05) is 0 Å². The van der Waals surface area contributed by atoms with Crippen LogP contribution in [0.5, 0.6) is 0 Å². The molecule has 3 N–H and O–H groups in total. The Morgan fingerprint density at radius 3 is 2.68 bits per heavy atom. The number of thiazole rings is 1. The molecule has 7 nitrogen and oxygen atoms in total. The summed E-state index contributed by atoms with van der Waals surface area (Å²) in [5.74, 6) is 0.772. The Morgan fingerprint density at radius 1 is 1.32 bits per heavy atom. The minimum Gasteiger partial charge on any atom is -0.357 e. The van der Waals surface area contributed by atoms with Crippen LogP contribution in [0, 0.1) is 6.92 Å². The Kier molecular flexibility index (Phi) is 8.36. The Morgan fingerprint density at radius 2 is 2.09 bits per heavy atom. The maximum absolute atomic E-state index is 11.3. The standard InChI is InChI=1S/C13H25N5O2S2/c1-4-14-13(16-8-9-18-22(19,20)5-2)15-7-6-12-17-10-11(3)21-12/h10,18H,4-9H2,1-3H3,(H2,14,15,16). The van der Waals surface area contributed by atoms with Crippen molar-refractivity contribution in [3.05, 3.63) is 16.1 Å². The fraction of sp³-hybridized carbons (Fsp3) is 0.692. The van der Waals surface area contributed by atoms with Crippen LogP contribution in [0.3, 0.4) is 0 Å². The van der Waals surface area contributed by atoms with E-state index in [4.69, 9.17) is 0 Å². The van der Waals surface area contributed by atoms with E-state index in [0.29, 0.717) is 19.0 Å². The largest absolute Gasteiger partial charge is 0.357 e. The predicted octanol–water partition coefficient (Wildman–Crippen LogP) is 0.488. The van der Waals surface area contributed by atoms with Crippen LogP contribution in [0.25, 0.3) is 0 Å². The summed E-state index contributed by atoms with van der Waals surface area (Å²) in [6, 6.07) is 0. The molecule has 0 unspecified atom stereocenters. The third-order valence-corrected chi connectivity index (χ3v) is 5.10. The molecule has 0 spiro atoms. The summed E-state index contributed by atoms with van der Waals surface area (Å²) in [6.45, 7) is 7.82. The fourth-order valence-electron chi connectivity index (χ4n) is 1.62. The molecule has 0 saturated carbocycles. The molecule has 0 aromatic carbocycles. The van der Waals surface area contributed by atoms with Gasteiger partial charge in [0, 0.05) is 37.1 Å². The van der Waals surface area contributed by atoms with Crippen molar-refractivity contribution in [1.29, 1.82) is 0 Å². The molecule has 0 aliphatic carbocycles. The molecule has 0 radical (unpaired) electrons. The van der Waals surface area contributed by atoms with Gasteiger partial charge in [0.25, 0.3) is 0 Å². The summed E-state index contributed by atoms with van der Waals surface area (Å²) in [6.07, 6.45) is 2.71. The van der Waals surface area contributed by atoms with Gasteiger partial charge in [-0.2, -0.15) is 0 Å². The molecule has 0 amide bonds. The molecule has 1 rings (SSSR count). The van der Waals surface area contributed by atoms with Gasteiger partial charge in [-0.15, -0.1) is 11.3 Å². The molecule has 0 bridgehead atoms. The quantitative estimate of drug-likeness (QED) is 0.343. The van der Waals surface area contributed by atoms with Crippen LogP contribution in [0.2, 0.25) is 0 Å². The lowest BCUT2D eigenvalue weighted by molar-refractivity contribution is 0.583. The van der Waals surface area contributed by atoms with Crippen molar-refractivity contribution < 1.29 is 8.42 Å². The van der Waals surface area contributed by atoms with Crippen LogP contribution in [0.4, 0.5) is 0 Å². The molecule has 22 heavy (non-hydrogen) atoms. The van der Waals surface area contributed by atoms with Crippen molar-refractivity contribution in [2.45, 2.75) is 27.2 Å². The molecule has 1 aromatic heterocycles. The number of hydrogen-bond acceptors (Lipinski definition) is 5. The molecule has 0 aliphatic rings. The third kappa shape index (κ3) is 7.71. The van der Waals surface area contributed by atoms with Crippen molar-refractivity contribution in [1.82, 2.24) is 20.3 Å². The average Bonchev–Trinajstić information content (AvgIpc) is 2.89. The Bertz CT molecular complexity index is 569. The van der Waals surface area contributed by atoms with Crippen LogP contribution in [0.1, 0.15) is 23.7 Å². The van der Waals surface area contributed by atoms with E-state index >= 15 is 0 Å². The first kappa shape index (κ1) is 18.9. The summed E-state index contributed by atoms with van der Waals surface area (Å²) in [5.41, 5.74) is 0. The molecule has 126 valence electrons. The van der Waals surface area contributed by atoms with E-state index < -0.39 is 10.0 Å². The van der Waals surface area contributed by atoms with Crippen molar-refractivity contribution in [3.8, 4) is 0 Å². The highest BCUT2D eigenvalue weighted by Gasteiger charge is 2.04. The number of aliphatic imine (C=N–C) groups is 1. The number of hydrogen-bond donors (Lipinski definition) is 3. The average molecular weight is 348 g/mol. The van der Waals surface area contributed by atoms with Crippen LogP contribution in [-0.2, 0) is 16.4 Å². The van der Waals surface area contributed by atoms with Crippen molar-refractivity contribution in [2.75, 3.05) is 31.9 Å². The molecular weight excluding hydrogens is 322 g/mol. The lowest BCUT2D eigenvalue weighted by atomic mass is 10.4. The van der Waals surface area contributed by atoms with E-state index in [-0.39, 0.29) is 5.75 Å². The van der Waals surface area contributed by atoms with E-state index in [0.717, 1.165) is 24.5 Å². The van der Waals surface area contributed by atoms with E-state index in [1.807, 2.05) is 20.0 Å². The van der Waals surface area contributed by atoms with Crippen LogP contribution in [-0.4, -0.2) is 51.3 Å². The lowest BCUT2D eigenvalue weighted by Crippen LogP contribution is -2.39. The second-order valence-corrected chi connectivity index (χ2v) is 8.01. The zero-order chi connectivity index (χ0) is 16.4. The normalized spacial score (nSPS) is 12.4. The minimum atomic E-state index is -3.15. The van der Waals surface area contributed by atoms with Crippen molar-refractivity contribution >= 4 is 27.3 Å². The maximum atomic E-state index is 11.3. The molecule has 0 atom stereocenters. The van der Waals surface area contributed by atoms with Gasteiger partial charge in [0.2, 0.25) is 10.0 Å². The Hall–Kier alpha value is -1.19. The van der Waals surface area contributed by atoms with Crippen molar-refractivity contribution in [2.24, 2.45) is 4.99 Å². The summed E-state index contributed by atoms with van der Waals surface area (Å²) >= 11 is 1.69. The van der Waals surface area contributed by atoms with Gasteiger partial charge in [0.1, 0.15) is 0 Å². The highest BCUT2D eigenvalue weighted by molar-refractivity contribution is 7.89. The van der Waals surface area contributed by atoms with Gasteiger partial charge in [0.05, 0.1) is 17.3 Å². The zero-order valence-electron chi connectivity index (χ0n) is 13.3. The number of nitrogens with one attached hydrogen (secondary N) is 3. The highest BCUT2D eigenvalue weighted by Crippen LogP contribution is 2.10. The van der Waals surface area contributed by atoms with Crippen LogP contribution in [0.15, 0.2) is 11.2 Å². The predicted molar refractivity (Wildman–Crippen MR) is 92.0 cm³/mol. The second kappa shape index (κ2) is 9.75. The summed E-state index contributed by atoms with van der Waals surface area (Å²) in [7, 11) is -3.15. The van der Waals surface area contributed by atoms with E-state index in [1.54, 1.807) is 18.3 Å². The topological polar surface area (TPSA) is 95.5 Å². The minimum absolute atomic E-state index is 0.0856. The van der Waals surface area contributed by atoms with Crippen LogP contribution >= 0.6 is 11.3 Å². The fourth-order valence-corrected chi connectivity index (χ4v) is 3.01. The number of nitrogens with zero attached hydrogens (tertiary/aromatic N) is 2. The molecule has 9 heteroatoms. The summed E-state index contributed by atoms with van der Waals surface area (Å²) < 4.78 is 25.1. The van der Waals surface area contributed by atoms with Gasteiger partial charge in [0.15, 0.2) is 5.96 Å². The lowest BCUT2D eigenvalue weighted by Gasteiger charge is -2.10. The number of aryl methyl sites for hydroxylation is 1. The smallest absolute Gasteiger partial charge is 0.211 e. The molecule has 1 heterocycles. The SMILES string of the molecule is CCNC(=NCCNS(=O)(=O)CC)NCCc1ncc(C)s1.